The van der Waals surface area contributed by atoms with E-state index in [2.05, 4.69) is 42.6 Å². The van der Waals surface area contributed by atoms with Gasteiger partial charge < -0.3 is 4.98 Å². The Labute approximate surface area is 181 Å². The van der Waals surface area contributed by atoms with Crippen molar-refractivity contribution in [1.29, 1.82) is 0 Å². The molecule has 0 fully saturated rings. The van der Waals surface area contributed by atoms with Gasteiger partial charge in [0, 0.05) is 33.3 Å². The van der Waals surface area contributed by atoms with Crippen LogP contribution < -0.4 is 0 Å². The van der Waals surface area contributed by atoms with Gasteiger partial charge in [0.05, 0.1) is 5.75 Å². The number of aromatic nitrogens is 1. The highest BCUT2D eigenvalue weighted by atomic mass is 35.5. The summed E-state index contributed by atoms with van der Waals surface area (Å²) in [5.74, 6) is 0.669. The lowest BCUT2D eigenvalue weighted by Gasteiger charge is -2.34. The molecule has 0 radical (unpaired) electrons. The van der Waals surface area contributed by atoms with E-state index in [0.29, 0.717) is 17.9 Å². The molecule has 1 aromatic heterocycles. The van der Waals surface area contributed by atoms with Crippen LogP contribution in [-0.4, -0.2) is 30.0 Å². The second-order valence-corrected chi connectivity index (χ2v) is 10.2. The van der Waals surface area contributed by atoms with Crippen molar-refractivity contribution in [2.24, 2.45) is 0 Å². The molecule has 2 aromatic carbocycles. The molecule has 1 atom stereocenters. The van der Waals surface area contributed by atoms with Crippen molar-refractivity contribution in [2.75, 3.05) is 12.0 Å². The van der Waals surface area contributed by atoms with Crippen molar-refractivity contribution < 1.29 is 13.0 Å². The van der Waals surface area contributed by atoms with Gasteiger partial charge in [-0.2, -0.15) is 20.2 Å². The summed E-state index contributed by atoms with van der Waals surface area (Å²) in [6, 6.07) is 14.1. The van der Waals surface area contributed by atoms with E-state index in [4.69, 9.17) is 11.6 Å². The Kier molecular flexibility index (Phi) is 6.99. The van der Waals surface area contributed by atoms with E-state index >= 15 is 0 Å². The van der Waals surface area contributed by atoms with Crippen LogP contribution >= 0.6 is 23.4 Å². The Morgan fingerprint density at radius 1 is 1.17 bits per heavy atom. The van der Waals surface area contributed by atoms with Crippen molar-refractivity contribution in [3.8, 4) is 0 Å². The van der Waals surface area contributed by atoms with E-state index in [-0.39, 0.29) is 11.2 Å². The lowest BCUT2D eigenvalue weighted by atomic mass is 9.69. The van der Waals surface area contributed by atoms with Crippen LogP contribution in [0.2, 0.25) is 5.02 Å². The quantitative estimate of drug-likeness (QED) is 0.388. The molecule has 0 aliphatic rings. The standard InChI is InChI=1S/C22H26ClNO3S2/c1-3-22(12-5-13-29(25,26)27,17-8-10-18(23)11-9-17)20-14-24-21-16(15-28-2)6-4-7-19(20)21/h4,6-11,14,24H,3,5,12-13,15H2,1-2H3,(H,25,26,27). The summed E-state index contributed by atoms with van der Waals surface area (Å²) in [6.07, 6.45) is 5.90. The fourth-order valence-corrected chi connectivity index (χ4v) is 5.41. The molecule has 0 bridgehead atoms. The third kappa shape index (κ3) is 4.82. The molecule has 1 unspecified atom stereocenters. The van der Waals surface area contributed by atoms with Crippen molar-refractivity contribution in [3.05, 3.63) is 70.4 Å². The summed E-state index contributed by atoms with van der Waals surface area (Å²) >= 11 is 7.90. The predicted octanol–water partition coefficient (Wildman–Crippen LogP) is 6.05. The van der Waals surface area contributed by atoms with Gasteiger partial charge in [0.15, 0.2) is 0 Å². The summed E-state index contributed by atoms with van der Waals surface area (Å²) in [5, 5.41) is 1.82. The number of H-pyrrole nitrogens is 1. The highest BCUT2D eigenvalue weighted by Gasteiger charge is 2.35. The van der Waals surface area contributed by atoms with Crippen molar-refractivity contribution >= 4 is 44.4 Å². The fourth-order valence-electron chi connectivity index (χ4n) is 4.22. The molecule has 29 heavy (non-hydrogen) atoms. The molecule has 156 valence electrons. The van der Waals surface area contributed by atoms with E-state index in [1.54, 1.807) is 11.8 Å². The number of para-hydroxylation sites is 1. The molecule has 2 N–H and O–H groups in total. The number of halogens is 1. The maximum absolute atomic E-state index is 11.3. The second kappa shape index (κ2) is 9.13. The molecule has 3 aromatic rings. The van der Waals surface area contributed by atoms with Crippen molar-refractivity contribution in [2.45, 2.75) is 37.4 Å². The number of aromatic amines is 1. The number of hydrogen-bond donors (Lipinski definition) is 2. The molecule has 0 spiro atoms. The van der Waals surface area contributed by atoms with Gasteiger partial charge in [-0.05, 0) is 54.3 Å². The average molecular weight is 452 g/mol. The number of thioether (sulfide) groups is 1. The highest BCUT2D eigenvalue weighted by molar-refractivity contribution is 7.97. The first kappa shape index (κ1) is 22.2. The zero-order chi connectivity index (χ0) is 21.1. The van der Waals surface area contributed by atoms with Crippen LogP contribution in [0.15, 0.2) is 48.7 Å². The van der Waals surface area contributed by atoms with Gasteiger partial charge in [-0.15, -0.1) is 0 Å². The summed E-state index contributed by atoms with van der Waals surface area (Å²) < 4.78 is 31.9. The third-order valence-electron chi connectivity index (χ3n) is 5.62. The summed E-state index contributed by atoms with van der Waals surface area (Å²) in [7, 11) is -4.00. The number of rotatable bonds is 9. The Hall–Kier alpha value is -1.47. The number of fused-ring (bicyclic) bond motifs is 1. The van der Waals surface area contributed by atoms with E-state index in [1.165, 1.54) is 5.56 Å². The molecule has 0 saturated carbocycles. The fraction of sp³-hybridized carbons (Fsp3) is 0.364. The Morgan fingerprint density at radius 3 is 2.52 bits per heavy atom. The van der Waals surface area contributed by atoms with Crippen molar-refractivity contribution in [1.82, 2.24) is 4.98 Å². The van der Waals surface area contributed by atoms with Crippen LogP contribution in [0, 0.1) is 0 Å². The van der Waals surface area contributed by atoms with Gasteiger partial charge in [0.25, 0.3) is 10.1 Å². The van der Waals surface area contributed by atoms with Gasteiger partial charge in [0.1, 0.15) is 0 Å². The monoisotopic (exact) mass is 451 g/mol. The molecule has 7 heteroatoms. The Bertz CT molecular complexity index is 1080. The largest absolute Gasteiger partial charge is 0.361 e. The molecule has 4 nitrogen and oxygen atoms in total. The summed E-state index contributed by atoms with van der Waals surface area (Å²) in [5.41, 5.74) is 4.23. The lowest BCUT2D eigenvalue weighted by Crippen LogP contribution is -2.27. The topological polar surface area (TPSA) is 70.2 Å². The van der Waals surface area contributed by atoms with E-state index in [1.807, 2.05) is 24.3 Å². The first-order valence-corrected chi connectivity index (χ1v) is 13.0. The normalized spacial score (nSPS) is 14.2. The van der Waals surface area contributed by atoms with Crippen LogP contribution in [0.25, 0.3) is 10.9 Å². The minimum atomic E-state index is -4.00. The van der Waals surface area contributed by atoms with Gasteiger partial charge in [-0.1, -0.05) is 48.9 Å². The molecular formula is C22H26ClNO3S2. The van der Waals surface area contributed by atoms with Crippen LogP contribution in [0.3, 0.4) is 0 Å². The summed E-state index contributed by atoms with van der Waals surface area (Å²) in [4.78, 5) is 3.46. The first-order valence-electron chi connectivity index (χ1n) is 9.60. The predicted molar refractivity (Wildman–Crippen MR) is 124 cm³/mol. The van der Waals surface area contributed by atoms with Crippen LogP contribution in [0.1, 0.15) is 42.9 Å². The zero-order valence-corrected chi connectivity index (χ0v) is 19.0. The minimum absolute atomic E-state index is 0.248. The highest BCUT2D eigenvalue weighted by Crippen LogP contribution is 2.44. The minimum Gasteiger partial charge on any atom is -0.361 e. The smallest absolute Gasteiger partial charge is 0.264 e. The third-order valence-corrected chi connectivity index (χ3v) is 7.28. The van der Waals surface area contributed by atoms with Crippen molar-refractivity contribution in [3.63, 3.8) is 0 Å². The molecular weight excluding hydrogens is 426 g/mol. The van der Waals surface area contributed by atoms with E-state index < -0.39 is 10.1 Å². The Morgan fingerprint density at radius 2 is 1.90 bits per heavy atom. The molecule has 1 heterocycles. The molecule has 0 aliphatic heterocycles. The number of hydrogen-bond acceptors (Lipinski definition) is 3. The molecule has 0 amide bonds. The molecule has 3 rings (SSSR count). The number of benzene rings is 2. The second-order valence-electron chi connectivity index (χ2n) is 7.31. The Balaban J connectivity index is 2.15. The average Bonchev–Trinajstić information content (AvgIpc) is 3.11. The SMILES string of the molecule is CCC(CCCS(=O)(=O)O)(c1ccc(Cl)cc1)c1c[nH]c2c(CSC)cccc12. The van der Waals surface area contributed by atoms with Crippen LogP contribution in [-0.2, 0) is 21.3 Å². The van der Waals surface area contributed by atoms with Gasteiger partial charge >= 0.3 is 0 Å². The lowest BCUT2D eigenvalue weighted by molar-refractivity contribution is 0.441. The molecule has 0 saturated heterocycles. The van der Waals surface area contributed by atoms with Gasteiger partial charge in [-0.3, -0.25) is 4.55 Å². The maximum Gasteiger partial charge on any atom is 0.264 e. The zero-order valence-electron chi connectivity index (χ0n) is 16.6. The maximum atomic E-state index is 11.3. The van der Waals surface area contributed by atoms with Crippen LogP contribution in [0.5, 0.6) is 0 Å². The van der Waals surface area contributed by atoms with Gasteiger partial charge in [-0.25, -0.2) is 0 Å². The van der Waals surface area contributed by atoms with Crippen LogP contribution in [0.4, 0.5) is 0 Å². The number of nitrogens with one attached hydrogen (secondary N) is 1. The summed E-state index contributed by atoms with van der Waals surface area (Å²) in [6.45, 7) is 2.12. The molecule has 0 aliphatic carbocycles. The first-order chi connectivity index (χ1) is 13.8. The van der Waals surface area contributed by atoms with E-state index in [9.17, 15) is 13.0 Å². The van der Waals surface area contributed by atoms with E-state index in [0.717, 1.165) is 34.2 Å². The van der Waals surface area contributed by atoms with Gasteiger partial charge in [0.2, 0.25) is 0 Å².